The van der Waals surface area contributed by atoms with Gasteiger partial charge in [-0.1, -0.05) is 218 Å². The molecule has 2 aliphatic rings. The summed E-state index contributed by atoms with van der Waals surface area (Å²) < 4.78 is 2.58. The standard InChI is InChI=1S/C62H38N4/c1-4-21-39(22-5-1)42-33-20-34-49(61-64-59(40-23-6-2-7-24-40)63-60(65-61)41-25-8-3-9-26-41)57(42)66-53-38-19-15-32-48(53)55-46-30-11-10-29-45(46)54-47-31-14-18-37-52(47)62(56(54)58(55)66)50-35-16-12-27-43(50)44-28-13-17-36-51(44)62/h1-38H. The van der Waals surface area contributed by atoms with Crippen molar-refractivity contribution in [1.82, 2.24) is 19.5 Å². The average molecular weight is 839 g/mol. The van der Waals surface area contributed by atoms with E-state index in [2.05, 4.69) is 199 Å². The van der Waals surface area contributed by atoms with Crippen LogP contribution in [-0.2, 0) is 5.41 Å². The summed E-state index contributed by atoms with van der Waals surface area (Å²) in [5.41, 5.74) is 18.0. The van der Waals surface area contributed by atoms with Crippen molar-refractivity contribution >= 4 is 32.6 Å². The Balaban J connectivity index is 1.22. The number of nitrogens with zero attached hydrogens (tertiary/aromatic N) is 4. The van der Waals surface area contributed by atoms with E-state index in [0.29, 0.717) is 17.5 Å². The first-order valence-electron chi connectivity index (χ1n) is 22.6. The van der Waals surface area contributed by atoms with Gasteiger partial charge in [-0.25, -0.2) is 15.0 Å². The van der Waals surface area contributed by atoms with E-state index in [0.717, 1.165) is 39.0 Å². The molecular formula is C62H38N4. The van der Waals surface area contributed by atoms with Crippen LogP contribution in [0.15, 0.2) is 231 Å². The molecule has 12 aromatic rings. The van der Waals surface area contributed by atoms with Gasteiger partial charge in [0.05, 0.1) is 22.1 Å². The fraction of sp³-hybridized carbons (Fsp3) is 0.0161. The second-order valence-electron chi connectivity index (χ2n) is 17.4. The van der Waals surface area contributed by atoms with E-state index >= 15 is 0 Å². The number of hydrogen-bond acceptors (Lipinski definition) is 3. The summed E-state index contributed by atoms with van der Waals surface area (Å²) in [6.07, 6.45) is 0. The van der Waals surface area contributed by atoms with E-state index < -0.39 is 5.41 Å². The van der Waals surface area contributed by atoms with Gasteiger partial charge in [0.2, 0.25) is 0 Å². The van der Waals surface area contributed by atoms with Gasteiger partial charge in [-0.2, -0.15) is 0 Å². The van der Waals surface area contributed by atoms with Crippen LogP contribution < -0.4 is 0 Å². The Labute approximate surface area is 381 Å². The maximum absolute atomic E-state index is 5.41. The molecule has 0 fully saturated rings. The van der Waals surface area contributed by atoms with Crippen molar-refractivity contribution in [2.75, 3.05) is 0 Å². The Morgan fingerprint density at radius 3 is 1.38 bits per heavy atom. The Bertz CT molecular complexity index is 3820. The number of aromatic nitrogens is 4. The van der Waals surface area contributed by atoms with Crippen molar-refractivity contribution in [1.29, 1.82) is 0 Å². The average Bonchev–Trinajstić information content (AvgIpc) is 4.01. The molecule has 0 bridgehead atoms. The highest BCUT2D eigenvalue weighted by molar-refractivity contribution is 6.28. The largest absolute Gasteiger partial charge is 0.307 e. The van der Waals surface area contributed by atoms with Gasteiger partial charge >= 0.3 is 0 Å². The molecule has 306 valence electrons. The van der Waals surface area contributed by atoms with Gasteiger partial charge in [-0.15, -0.1) is 0 Å². The minimum atomic E-state index is -0.622. The van der Waals surface area contributed by atoms with Gasteiger partial charge in [0.1, 0.15) is 0 Å². The van der Waals surface area contributed by atoms with E-state index in [1.165, 1.54) is 71.6 Å². The monoisotopic (exact) mass is 838 g/mol. The minimum absolute atomic E-state index is 0.605. The van der Waals surface area contributed by atoms with E-state index in [1.807, 2.05) is 36.4 Å². The number of para-hydroxylation sites is 2. The molecule has 1 spiro atoms. The smallest absolute Gasteiger partial charge is 0.166 e. The van der Waals surface area contributed by atoms with Crippen LogP contribution in [-0.4, -0.2) is 19.5 Å². The lowest BCUT2D eigenvalue weighted by Crippen LogP contribution is -2.26. The molecule has 0 aliphatic heterocycles. The molecule has 14 rings (SSSR count). The van der Waals surface area contributed by atoms with Crippen LogP contribution in [0.4, 0.5) is 0 Å². The van der Waals surface area contributed by atoms with Gasteiger partial charge in [0.15, 0.2) is 17.5 Å². The highest BCUT2D eigenvalue weighted by atomic mass is 15.1. The fourth-order valence-electron chi connectivity index (χ4n) is 11.5. The van der Waals surface area contributed by atoms with Crippen molar-refractivity contribution < 1.29 is 0 Å². The summed E-state index contributed by atoms with van der Waals surface area (Å²) in [4.78, 5) is 16.0. The predicted molar refractivity (Wildman–Crippen MR) is 270 cm³/mol. The Hall–Kier alpha value is -8.73. The van der Waals surface area contributed by atoms with E-state index in [9.17, 15) is 0 Å². The van der Waals surface area contributed by atoms with Crippen molar-refractivity contribution in [3.05, 3.63) is 253 Å². The van der Waals surface area contributed by atoms with Gasteiger partial charge in [-0.3, -0.25) is 0 Å². The van der Waals surface area contributed by atoms with Crippen LogP contribution in [0, 0.1) is 0 Å². The summed E-state index contributed by atoms with van der Waals surface area (Å²) in [7, 11) is 0. The normalized spacial score (nSPS) is 13.0. The highest BCUT2D eigenvalue weighted by Gasteiger charge is 2.53. The lowest BCUT2D eigenvalue weighted by molar-refractivity contribution is 0.797. The summed E-state index contributed by atoms with van der Waals surface area (Å²) >= 11 is 0. The third-order valence-electron chi connectivity index (χ3n) is 14.0. The second kappa shape index (κ2) is 14.1. The van der Waals surface area contributed by atoms with Gasteiger partial charge < -0.3 is 4.57 Å². The molecule has 2 heterocycles. The molecule has 10 aromatic carbocycles. The van der Waals surface area contributed by atoms with Crippen LogP contribution >= 0.6 is 0 Å². The Kier molecular flexibility index (Phi) is 7.87. The minimum Gasteiger partial charge on any atom is -0.307 e. The number of rotatable bonds is 5. The van der Waals surface area contributed by atoms with Crippen LogP contribution in [0.3, 0.4) is 0 Å². The summed E-state index contributed by atoms with van der Waals surface area (Å²) in [6.45, 7) is 0. The van der Waals surface area contributed by atoms with Gasteiger partial charge in [-0.05, 0) is 67.4 Å². The van der Waals surface area contributed by atoms with E-state index in [4.69, 9.17) is 15.0 Å². The quantitative estimate of drug-likeness (QED) is 0.173. The van der Waals surface area contributed by atoms with Crippen molar-refractivity contribution in [3.63, 3.8) is 0 Å². The zero-order valence-electron chi connectivity index (χ0n) is 35.7. The van der Waals surface area contributed by atoms with Crippen LogP contribution in [0.2, 0.25) is 0 Å². The fourth-order valence-corrected chi connectivity index (χ4v) is 11.5. The first kappa shape index (κ1) is 36.7. The maximum Gasteiger partial charge on any atom is 0.166 e. The molecule has 0 saturated heterocycles. The van der Waals surface area contributed by atoms with Crippen molar-refractivity contribution in [3.8, 4) is 73.2 Å². The summed E-state index contributed by atoms with van der Waals surface area (Å²) in [5.74, 6) is 1.85. The lowest BCUT2D eigenvalue weighted by atomic mass is 9.70. The highest BCUT2D eigenvalue weighted by Crippen LogP contribution is 2.66. The zero-order chi connectivity index (χ0) is 43.3. The molecule has 0 amide bonds. The van der Waals surface area contributed by atoms with Gasteiger partial charge in [0, 0.05) is 38.6 Å². The SMILES string of the molecule is c1ccc(-c2nc(-c3ccccc3)nc(-c3cccc(-c4ccccc4)c3-n3c4ccccc4c4c5ccccc5c5c(c43)C3(c4ccccc4-c4ccccc43)c3ccccc3-5)n2)cc1. The van der Waals surface area contributed by atoms with Crippen LogP contribution in [0.1, 0.15) is 22.3 Å². The lowest BCUT2D eigenvalue weighted by Gasteiger charge is -2.32. The van der Waals surface area contributed by atoms with Gasteiger partial charge in [0.25, 0.3) is 0 Å². The molecule has 2 aliphatic carbocycles. The molecule has 2 aromatic heterocycles. The first-order chi connectivity index (χ1) is 32.8. The number of hydrogen-bond donors (Lipinski definition) is 0. The van der Waals surface area contributed by atoms with Crippen molar-refractivity contribution in [2.45, 2.75) is 5.41 Å². The summed E-state index contributed by atoms with van der Waals surface area (Å²) in [5, 5.41) is 4.90. The summed E-state index contributed by atoms with van der Waals surface area (Å²) in [6, 6.07) is 83.3. The molecule has 66 heavy (non-hydrogen) atoms. The first-order valence-corrected chi connectivity index (χ1v) is 22.6. The van der Waals surface area contributed by atoms with Crippen LogP contribution in [0.5, 0.6) is 0 Å². The molecule has 0 unspecified atom stereocenters. The third-order valence-corrected chi connectivity index (χ3v) is 14.0. The predicted octanol–water partition coefficient (Wildman–Crippen LogP) is 15.1. The molecule has 4 heteroatoms. The molecule has 4 nitrogen and oxygen atoms in total. The Morgan fingerprint density at radius 2 is 0.758 bits per heavy atom. The van der Waals surface area contributed by atoms with E-state index in [1.54, 1.807) is 0 Å². The molecule has 0 saturated carbocycles. The van der Waals surface area contributed by atoms with Crippen molar-refractivity contribution in [2.24, 2.45) is 0 Å². The maximum atomic E-state index is 5.41. The van der Waals surface area contributed by atoms with E-state index in [-0.39, 0.29) is 0 Å². The topological polar surface area (TPSA) is 43.6 Å². The molecule has 0 atom stereocenters. The third kappa shape index (κ3) is 5.01. The molecular weight excluding hydrogens is 801 g/mol. The zero-order valence-corrected chi connectivity index (χ0v) is 35.7. The molecule has 0 N–H and O–H groups in total. The van der Waals surface area contributed by atoms with Crippen LogP contribution in [0.25, 0.3) is 106 Å². The number of fused-ring (bicyclic) bond motifs is 17. The molecule has 0 radical (unpaired) electrons. The Morgan fingerprint density at radius 1 is 0.318 bits per heavy atom. The second-order valence-corrected chi connectivity index (χ2v) is 17.4. The number of benzene rings is 10.